The van der Waals surface area contributed by atoms with E-state index in [1.807, 2.05) is 30.3 Å². The molecule has 2 fully saturated rings. The Morgan fingerprint density at radius 2 is 1.55 bits per heavy atom. The molecule has 0 bridgehead atoms. The highest BCUT2D eigenvalue weighted by atomic mass is 16.1. The van der Waals surface area contributed by atoms with Gasteiger partial charge in [-0.05, 0) is 61.6 Å². The second-order valence-electron chi connectivity index (χ2n) is 9.99. The number of hydrogen-bond donors (Lipinski definition) is 3. The van der Waals surface area contributed by atoms with E-state index in [0.29, 0.717) is 25.7 Å². The van der Waals surface area contributed by atoms with E-state index in [2.05, 4.69) is 39.6 Å². The molecule has 3 unspecified atom stereocenters. The van der Waals surface area contributed by atoms with Gasteiger partial charge in [0.05, 0.1) is 11.0 Å². The molecule has 0 saturated heterocycles. The summed E-state index contributed by atoms with van der Waals surface area (Å²) in [4.78, 5) is 13.7. The molecule has 3 N–H and O–H groups in total. The highest BCUT2D eigenvalue weighted by Gasteiger charge is 2.67. The van der Waals surface area contributed by atoms with Crippen LogP contribution in [0.5, 0.6) is 0 Å². The summed E-state index contributed by atoms with van der Waals surface area (Å²) in [6.07, 6.45) is 5.64. The van der Waals surface area contributed by atoms with Crippen LogP contribution in [-0.4, -0.2) is 17.4 Å². The molecule has 5 rings (SSSR count). The lowest BCUT2D eigenvalue weighted by Gasteiger charge is -2.50. The summed E-state index contributed by atoms with van der Waals surface area (Å²) < 4.78 is 0. The zero-order chi connectivity index (χ0) is 23.1. The van der Waals surface area contributed by atoms with Crippen LogP contribution < -0.4 is 0 Å². The molecule has 33 heavy (non-hydrogen) atoms. The van der Waals surface area contributed by atoms with Crippen molar-refractivity contribution in [3.05, 3.63) is 71.3 Å². The second kappa shape index (κ2) is 8.04. The fraction of sp³-hybridized carbons (Fsp3) is 0.500. The minimum atomic E-state index is -1.01. The fourth-order valence-electron chi connectivity index (χ4n) is 7.14. The molecule has 3 atom stereocenters. The van der Waals surface area contributed by atoms with Crippen molar-refractivity contribution in [1.29, 1.82) is 16.6 Å². The number of rotatable bonds is 5. The van der Waals surface area contributed by atoms with Crippen molar-refractivity contribution < 1.29 is 4.79 Å². The number of ketones is 1. The van der Waals surface area contributed by atoms with E-state index in [0.717, 1.165) is 24.8 Å². The zero-order valence-electron chi connectivity index (χ0n) is 18.8. The average molecular weight is 443 g/mol. The molecular formula is C26H30N6O. The first kappa shape index (κ1) is 21.7. The molecule has 0 aliphatic heterocycles. The monoisotopic (exact) mass is 442 g/mol. The van der Waals surface area contributed by atoms with Gasteiger partial charge in [0.15, 0.2) is 5.78 Å². The zero-order valence-corrected chi connectivity index (χ0v) is 18.8. The van der Waals surface area contributed by atoms with Crippen LogP contribution in [0, 0.1) is 22.0 Å². The Bertz CT molecular complexity index is 1090. The number of carbonyl (C=O) groups excluding carboxylic acids is 1. The summed E-state index contributed by atoms with van der Waals surface area (Å²) in [5.74, 6) is 0.101. The summed E-state index contributed by atoms with van der Waals surface area (Å²) >= 11 is 0. The summed E-state index contributed by atoms with van der Waals surface area (Å²) in [5.41, 5.74) is 25.2. The van der Waals surface area contributed by atoms with Gasteiger partial charge in [-0.2, -0.15) is 15.3 Å². The van der Waals surface area contributed by atoms with E-state index in [1.165, 1.54) is 11.1 Å². The first-order valence-electron chi connectivity index (χ1n) is 11.9. The third kappa shape index (κ3) is 2.97. The van der Waals surface area contributed by atoms with E-state index in [9.17, 15) is 4.79 Å². The van der Waals surface area contributed by atoms with Crippen LogP contribution in [-0.2, 0) is 16.8 Å². The maximum absolute atomic E-state index is 13.7. The lowest BCUT2D eigenvalue weighted by Crippen LogP contribution is -2.51. The van der Waals surface area contributed by atoms with Crippen molar-refractivity contribution in [3.8, 4) is 0 Å². The summed E-state index contributed by atoms with van der Waals surface area (Å²) in [6.45, 7) is 0. The van der Waals surface area contributed by atoms with Gasteiger partial charge in [-0.25, -0.2) is 16.6 Å². The lowest BCUT2D eigenvalue weighted by molar-refractivity contribution is -0.132. The molecule has 170 valence electrons. The van der Waals surface area contributed by atoms with Crippen molar-refractivity contribution in [1.82, 2.24) is 0 Å². The van der Waals surface area contributed by atoms with Gasteiger partial charge in [0, 0.05) is 12.3 Å². The molecule has 2 saturated carbocycles. The maximum Gasteiger partial charge on any atom is 0.168 e. The van der Waals surface area contributed by atoms with Crippen LogP contribution in [0.15, 0.2) is 69.9 Å². The van der Waals surface area contributed by atoms with Crippen LogP contribution in [0.4, 0.5) is 0 Å². The van der Waals surface area contributed by atoms with Crippen molar-refractivity contribution in [2.75, 3.05) is 0 Å². The lowest BCUT2D eigenvalue weighted by atomic mass is 9.54. The Hall–Kier alpha value is -3.09. The summed E-state index contributed by atoms with van der Waals surface area (Å²) in [7, 11) is 0. The Morgan fingerprint density at radius 3 is 2.21 bits per heavy atom. The van der Waals surface area contributed by atoms with Gasteiger partial charge in [-0.3, -0.25) is 4.79 Å². The van der Waals surface area contributed by atoms with Gasteiger partial charge in [-0.1, -0.05) is 54.6 Å². The average Bonchev–Trinajstić information content (AvgIpc) is 3.13. The van der Waals surface area contributed by atoms with E-state index in [4.69, 9.17) is 16.6 Å². The molecule has 1 spiro atoms. The number of hydrogen-bond acceptors (Lipinski definition) is 7. The number of nitrogens with one attached hydrogen (secondary N) is 3. The van der Waals surface area contributed by atoms with Gasteiger partial charge in [0.2, 0.25) is 0 Å². The van der Waals surface area contributed by atoms with Gasteiger partial charge < -0.3 is 0 Å². The largest absolute Gasteiger partial charge is 0.296 e. The number of benzene rings is 2. The minimum absolute atomic E-state index is 0.0695. The first-order chi connectivity index (χ1) is 16.1. The predicted molar refractivity (Wildman–Crippen MR) is 123 cm³/mol. The van der Waals surface area contributed by atoms with Crippen molar-refractivity contribution in [2.24, 2.45) is 20.8 Å². The van der Waals surface area contributed by atoms with E-state index >= 15 is 0 Å². The molecular weight excluding hydrogens is 412 g/mol. The molecule has 7 nitrogen and oxygen atoms in total. The SMILES string of the molecule is N=NC1CC(N=N)(c2ccccc2)C2(CCC(N=N)(C3CCCc4ccccc43)CC2)C1=O. The van der Waals surface area contributed by atoms with Gasteiger partial charge >= 0.3 is 0 Å². The summed E-state index contributed by atoms with van der Waals surface area (Å²) in [5, 5.41) is 12.1. The quantitative estimate of drug-likeness (QED) is 0.436. The van der Waals surface area contributed by atoms with Gasteiger partial charge in [-0.15, -0.1) is 0 Å². The number of carbonyl (C=O) groups is 1. The van der Waals surface area contributed by atoms with Gasteiger partial charge in [0.25, 0.3) is 0 Å². The van der Waals surface area contributed by atoms with Crippen LogP contribution in [0.2, 0.25) is 0 Å². The molecule has 7 heteroatoms. The van der Waals surface area contributed by atoms with Gasteiger partial charge in [0.1, 0.15) is 11.6 Å². The molecule has 2 aromatic rings. The second-order valence-corrected chi connectivity index (χ2v) is 9.99. The number of fused-ring (bicyclic) bond motifs is 1. The van der Waals surface area contributed by atoms with Crippen molar-refractivity contribution in [3.63, 3.8) is 0 Å². The molecule has 0 amide bonds. The van der Waals surface area contributed by atoms with Crippen molar-refractivity contribution in [2.45, 2.75) is 74.4 Å². The molecule has 3 aliphatic carbocycles. The Labute approximate surface area is 193 Å². The Kier molecular flexibility index (Phi) is 5.30. The normalized spacial score (nSPS) is 35.7. The van der Waals surface area contributed by atoms with Crippen LogP contribution in [0.3, 0.4) is 0 Å². The highest BCUT2D eigenvalue weighted by molar-refractivity contribution is 5.94. The standard InChI is InChI=1S/C26H30N6O/c27-30-22-17-26(32-29,19-9-2-1-3-10-19)24(23(22)33)13-15-25(31-28,16-14-24)21-12-6-8-18-7-4-5-11-20(18)21/h1-5,7,9-11,21-22,27-29H,6,8,12-17H2. The van der Waals surface area contributed by atoms with E-state index in [1.54, 1.807) is 0 Å². The fourth-order valence-corrected chi connectivity index (χ4v) is 7.14. The molecule has 0 heterocycles. The Balaban J connectivity index is 1.55. The molecule has 0 aromatic heterocycles. The Morgan fingerprint density at radius 1 is 0.848 bits per heavy atom. The smallest absolute Gasteiger partial charge is 0.168 e. The predicted octanol–water partition coefficient (Wildman–Crippen LogP) is 6.74. The van der Waals surface area contributed by atoms with Crippen LogP contribution in [0.25, 0.3) is 0 Å². The molecule has 0 radical (unpaired) electrons. The minimum Gasteiger partial charge on any atom is -0.296 e. The highest BCUT2D eigenvalue weighted by Crippen LogP contribution is 2.63. The van der Waals surface area contributed by atoms with Crippen LogP contribution in [0.1, 0.15) is 67.6 Å². The number of Topliss-reactive ketones (excluding diaryl/α,β-unsaturated/α-hetero) is 1. The first-order valence-corrected chi connectivity index (χ1v) is 11.9. The van der Waals surface area contributed by atoms with Crippen LogP contribution >= 0.6 is 0 Å². The molecule has 2 aromatic carbocycles. The van der Waals surface area contributed by atoms with E-state index < -0.39 is 22.5 Å². The number of aryl methyl sites for hydroxylation is 1. The molecule has 3 aliphatic rings. The van der Waals surface area contributed by atoms with Crippen molar-refractivity contribution >= 4 is 5.78 Å². The summed E-state index contributed by atoms with van der Waals surface area (Å²) in [6, 6.07) is 17.4. The number of nitrogens with zero attached hydrogens (tertiary/aromatic N) is 3. The maximum atomic E-state index is 13.7. The third-order valence-electron chi connectivity index (χ3n) is 8.86. The third-order valence-corrected chi connectivity index (χ3v) is 8.86. The topological polar surface area (TPSA) is 126 Å². The van der Waals surface area contributed by atoms with E-state index in [-0.39, 0.29) is 18.1 Å².